The van der Waals surface area contributed by atoms with Gasteiger partial charge >= 0.3 is 0 Å². The second-order valence-electron chi connectivity index (χ2n) is 6.51. The van der Waals surface area contributed by atoms with Crippen molar-refractivity contribution in [1.29, 1.82) is 0 Å². The van der Waals surface area contributed by atoms with Crippen molar-refractivity contribution < 1.29 is 19.1 Å². The predicted octanol–water partition coefficient (Wildman–Crippen LogP) is -0.994. The van der Waals surface area contributed by atoms with Crippen LogP contribution in [0.4, 0.5) is 0 Å². The van der Waals surface area contributed by atoms with E-state index in [1.54, 1.807) is 11.8 Å². The third-order valence-electron chi connectivity index (χ3n) is 4.70. The summed E-state index contributed by atoms with van der Waals surface area (Å²) in [5.74, 6) is 0.0280. The lowest BCUT2D eigenvalue weighted by Crippen LogP contribution is -2.44. The number of carbonyl (C=O) groups excluding carboxylic acids is 2. The van der Waals surface area contributed by atoms with Gasteiger partial charge in [-0.25, -0.2) is 0 Å². The first-order valence-electron chi connectivity index (χ1n) is 9.27. The molecule has 2 aliphatic heterocycles. The van der Waals surface area contributed by atoms with Gasteiger partial charge in [-0.2, -0.15) is 0 Å². The van der Waals surface area contributed by atoms with E-state index in [2.05, 4.69) is 15.1 Å². The lowest BCUT2D eigenvalue weighted by molar-refractivity contribution is -0.130. The van der Waals surface area contributed by atoms with Gasteiger partial charge < -0.3 is 19.7 Å². The monoisotopic (exact) mass is 356 g/mol. The van der Waals surface area contributed by atoms with E-state index in [1.165, 1.54) is 0 Å². The van der Waals surface area contributed by atoms with Gasteiger partial charge in [-0.3, -0.25) is 19.4 Å². The fourth-order valence-electron chi connectivity index (χ4n) is 3.02. The number of amides is 2. The van der Waals surface area contributed by atoms with E-state index >= 15 is 0 Å². The van der Waals surface area contributed by atoms with Crippen molar-refractivity contribution in [3.05, 3.63) is 0 Å². The Kier molecular flexibility index (Phi) is 9.17. The van der Waals surface area contributed by atoms with Crippen LogP contribution in [0.15, 0.2) is 0 Å². The Balaban J connectivity index is 1.58. The summed E-state index contributed by atoms with van der Waals surface area (Å²) >= 11 is 0. The molecule has 0 unspecified atom stereocenters. The van der Waals surface area contributed by atoms with Crippen molar-refractivity contribution in [3.63, 3.8) is 0 Å². The average Bonchev–Trinajstić information content (AvgIpc) is 2.63. The highest BCUT2D eigenvalue weighted by atomic mass is 16.5. The minimum Gasteiger partial charge on any atom is -0.379 e. The van der Waals surface area contributed by atoms with E-state index < -0.39 is 0 Å². The van der Waals surface area contributed by atoms with E-state index in [0.29, 0.717) is 26.1 Å². The first-order valence-corrected chi connectivity index (χ1v) is 9.27. The maximum absolute atomic E-state index is 12.0. The van der Waals surface area contributed by atoms with Crippen molar-refractivity contribution in [1.82, 2.24) is 20.0 Å². The molecule has 2 amide bonds. The average molecular weight is 356 g/mol. The first kappa shape index (κ1) is 20.1. The fraction of sp³-hybridized carbons (Fsp3) is 0.882. The molecule has 0 spiro atoms. The maximum atomic E-state index is 12.0. The summed E-state index contributed by atoms with van der Waals surface area (Å²) in [5, 5.41) is 2.94. The van der Waals surface area contributed by atoms with Gasteiger partial charge in [0.15, 0.2) is 0 Å². The highest BCUT2D eigenvalue weighted by Gasteiger charge is 2.15. The number of hydrogen-bond acceptors (Lipinski definition) is 6. The topological polar surface area (TPSA) is 74.4 Å². The highest BCUT2D eigenvalue weighted by molar-refractivity contribution is 5.78. The number of ether oxygens (including phenoxy) is 2. The summed E-state index contributed by atoms with van der Waals surface area (Å²) < 4.78 is 10.6. The van der Waals surface area contributed by atoms with Crippen LogP contribution in [0.25, 0.3) is 0 Å². The van der Waals surface area contributed by atoms with Gasteiger partial charge in [0.25, 0.3) is 0 Å². The van der Waals surface area contributed by atoms with Gasteiger partial charge in [0.05, 0.1) is 26.4 Å². The summed E-state index contributed by atoms with van der Waals surface area (Å²) in [7, 11) is 0. The molecule has 2 heterocycles. The van der Waals surface area contributed by atoms with Gasteiger partial charge in [-0.05, 0) is 0 Å². The van der Waals surface area contributed by atoms with Crippen molar-refractivity contribution in [2.24, 2.45) is 0 Å². The minimum atomic E-state index is 0.00545. The van der Waals surface area contributed by atoms with Crippen LogP contribution in [0.2, 0.25) is 0 Å². The van der Waals surface area contributed by atoms with Crippen molar-refractivity contribution in [3.8, 4) is 0 Å². The quantitative estimate of drug-likeness (QED) is 0.572. The Labute approximate surface area is 150 Å². The van der Waals surface area contributed by atoms with Crippen LogP contribution in [0.1, 0.15) is 13.3 Å². The zero-order valence-electron chi connectivity index (χ0n) is 15.4. The van der Waals surface area contributed by atoms with Crippen molar-refractivity contribution in [2.75, 3.05) is 85.3 Å². The predicted molar refractivity (Wildman–Crippen MR) is 94.4 cm³/mol. The molecule has 0 saturated carbocycles. The molecule has 0 aromatic rings. The van der Waals surface area contributed by atoms with Crippen LogP contribution in [0, 0.1) is 0 Å². The first-order chi connectivity index (χ1) is 12.1. The Bertz CT molecular complexity index is 409. The number of nitrogens with zero attached hydrogens (tertiary/aromatic N) is 3. The Morgan fingerprint density at radius 3 is 2.04 bits per heavy atom. The maximum Gasteiger partial charge on any atom is 0.221 e. The van der Waals surface area contributed by atoms with Gasteiger partial charge in [0, 0.05) is 72.2 Å². The largest absolute Gasteiger partial charge is 0.379 e. The molecule has 1 N–H and O–H groups in total. The molecular formula is C17H32N4O4. The summed E-state index contributed by atoms with van der Waals surface area (Å²) in [6.07, 6.45) is 0.353. The molecule has 25 heavy (non-hydrogen) atoms. The Hall–Kier alpha value is -1.22. The Morgan fingerprint density at radius 2 is 1.48 bits per heavy atom. The minimum absolute atomic E-state index is 0.00545. The molecule has 0 bridgehead atoms. The van der Waals surface area contributed by atoms with E-state index in [0.717, 1.165) is 65.7 Å². The molecule has 0 atom stereocenters. The van der Waals surface area contributed by atoms with E-state index in [4.69, 9.17) is 9.47 Å². The van der Waals surface area contributed by atoms with Gasteiger partial charge in [0.1, 0.15) is 0 Å². The molecule has 2 fully saturated rings. The normalized spacial score (nSPS) is 19.6. The summed E-state index contributed by atoms with van der Waals surface area (Å²) in [5.41, 5.74) is 0. The SMILES string of the molecule is CC(=O)N(CCC(=O)NCCN1CCOCC1)CCN1CCOCC1. The van der Waals surface area contributed by atoms with E-state index in [1.807, 2.05) is 0 Å². The van der Waals surface area contributed by atoms with E-state index in [9.17, 15) is 9.59 Å². The smallest absolute Gasteiger partial charge is 0.221 e. The summed E-state index contributed by atoms with van der Waals surface area (Å²) in [4.78, 5) is 30.1. The second kappa shape index (κ2) is 11.4. The van der Waals surface area contributed by atoms with Crippen LogP contribution in [0.5, 0.6) is 0 Å². The van der Waals surface area contributed by atoms with Crippen molar-refractivity contribution >= 4 is 11.8 Å². The third-order valence-corrected chi connectivity index (χ3v) is 4.70. The number of rotatable bonds is 9. The van der Waals surface area contributed by atoms with Crippen LogP contribution in [-0.2, 0) is 19.1 Å². The standard InChI is InChI=1S/C17H32N4O4/c1-16(22)21(7-6-20-10-14-25-15-11-20)4-2-17(23)18-3-5-19-8-12-24-13-9-19/h2-15H2,1H3,(H,18,23). The number of nitrogens with one attached hydrogen (secondary N) is 1. The molecule has 2 aliphatic rings. The summed E-state index contributed by atoms with van der Waals surface area (Å²) in [6.45, 7) is 11.8. The van der Waals surface area contributed by atoms with Crippen LogP contribution in [0.3, 0.4) is 0 Å². The van der Waals surface area contributed by atoms with Crippen LogP contribution < -0.4 is 5.32 Å². The fourth-order valence-corrected chi connectivity index (χ4v) is 3.02. The molecule has 8 heteroatoms. The van der Waals surface area contributed by atoms with Crippen LogP contribution >= 0.6 is 0 Å². The Morgan fingerprint density at radius 1 is 0.920 bits per heavy atom. The van der Waals surface area contributed by atoms with Gasteiger partial charge in [0.2, 0.25) is 11.8 Å². The molecule has 0 aromatic carbocycles. The molecule has 0 radical (unpaired) electrons. The van der Waals surface area contributed by atoms with E-state index in [-0.39, 0.29) is 11.8 Å². The van der Waals surface area contributed by atoms with Crippen molar-refractivity contribution in [2.45, 2.75) is 13.3 Å². The molecule has 2 saturated heterocycles. The van der Waals surface area contributed by atoms with Crippen LogP contribution in [-0.4, -0.2) is 112 Å². The lowest BCUT2D eigenvalue weighted by Gasteiger charge is -2.29. The molecule has 0 aliphatic carbocycles. The molecule has 144 valence electrons. The second-order valence-corrected chi connectivity index (χ2v) is 6.51. The lowest BCUT2D eigenvalue weighted by atomic mass is 10.3. The molecule has 0 aromatic heterocycles. The summed E-state index contributed by atoms with van der Waals surface area (Å²) in [6, 6.07) is 0. The molecular weight excluding hydrogens is 324 g/mol. The molecule has 2 rings (SSSR count). The third kappa shape index (κ3) is 8.13. The number of morpholine rings is 2. The van der Waals surface area contributed by atoms with Gasteiger partial charge in [-0.1, -0.05) is 0 Å². The molecule has 8 nitrogen and oxygen atoms in total. The highest BCUT2D eigenvalue weighted by Crippen LogP contribution is 2.00. The number of hydrogen-bond donors (Lipinski definition) is 1. The van der Waals surface area contributed by atoms with Gasteiger partial charge in [-0.15, -0.1) is 0 Å². The zero-order valence-corrected chi connectivity index (χ0v) is 15.4. The number of carbonyl (C=O) groups is 2. The zero-order chi connectivity index (χ0) is 17.9.